The SMILES string of the molecule is Cc1cc(CCCC(=O)N2CCOC(c3cncc(Nc4ncccn4)n3)C2)ccc1F. The number of morpholine rings is 1. The Morgan fingerprint density at radius 1 is 1.28 bits per heavy atom. The number of aryl methyl sites for hydroxylation is 2. The average Bonchev–Trinajstić information content (AvgIpc) is 2.82. The van der Waals surface area contributed by atoms with Crippen molar-refractivity contribution in [1.29, 1.82) is 0 Å². The highest BCUT2D eigenvalue weighted by Crippen LogP contribution is 2.22. The van der Waals surface area contributed by atoms with Crippen LogP contribution in [0.25, 0.3) is 0 Å². The van der Waals surface area contributed by atoms with Gasteiger partial charge >= 0.3 is 0 Å². The Balaban J connectivity index is 1.32. The second kappa shape index (κ2) is 10.2. The van der Waals surface area contributed by atoms with E-state index in [4.69, 9.17) is 4.74 Å². The van der Waals surface area contributed by atoms with E-state index in [1.165, 1.54) is 6.07 Å². The second-order valence-electron chi connectivity index (χ2n) is 7.66. The Morgan fingerprint density at radius 2 is 2.12 bits per heavy atom. The fraction of sp³-hybridized carbons (Fsp3) is 0.348. The van der Waals surface area contributed by atoms with Gasteiger partial charge in [0.25, 0.3) is 0 Å². The van der Waals surface area contributed by atoms with Crippen molar-refractivity contribution >= 4 is 17.7 Å². The number of aromatic nitrogens is 4. The van der Waals surface area contributed by atoms with Gasteiger partial charge in [-0.3, -0.25) is 9.78 Å². The molecular weight excluding hydrogens is 411 g/mol. The topological polar surface area (TPSA) is 93.1 Å². The van der Waals surface area contributed by atoms with E-state index in [9.17, 15) is 9.18 Å². The zero-order chi connectivity index (χ0) is 22.3. The molecule has 0 bridgehead atoms. The molecule has 0 saturated carbocycles. The maximum absolute atomic E-state index is 13.4. The fourth-order valence-electron chi connectivity index (χ4n) is 3.59. The standard InChI is InChI=1S/C23H25FN6O2/c1-16-12-17(6-7-18(16)24)4-2-5-22(31)30-10-11-32-20(15-30)19-13-25-14-21(28-19)29-23-26-8-3-9-27-23/h3,6-9,12-14,20H,2,4-5,10-11,15H2,1H3,(H,26,27,28,29). The molecule has 9 heteroatoms. The minimum Gasteiger partial charge on any atom is -0.368 e. The molecule has 0 aliphatic carbocycles. The summed E-state index contributed by atoms with van der Waals surface area (Å²) >= 11 is 0. The highest BCUT2D eigenvalue weighted by atomic mass is 19.1. The van der Waals surface area contributed by atoms with Gasteiger partial charge in [-0.1, -0.05) is 12.1 Å². The van der Waals surface area contributed by atoms with Crippen LogP contribution in [0.1, 0.15) is 35.8 Å². The quantitative estimate of drug-likeness (QED) is 0.607. The van der Waals surface area contributed by atoms with E-state index >= 15 is 0 Å². The number of rotatable bonds is 7. The first-order valence-electron chi connectivity index (χ1n) is 10.6. The van der Waals surface area contributed by atoms with Crippen molar-refractivity contribution in [3.8, 4) is 0 Å². The summed E-state index contributed by atoms with van der Waals surface area (Å²) in [7, 11) is 0. The van der Waals surface area contributed by atoms with Crippen molar-refractivity contribution in [2.45, 2.75) is 32.3 Å². The van der Waals surface area contributed by atoms with E-state index < -0.39 is 0 Å². The number of nitrogens with zero attached hydrogens (tertiary/aromatic N) is 5. The summed E-state index contributed by atoms with van der Waals surface area (Å²) in [6, 6.07) is 6.82. The van der Waals surface area contributed by atoms with Gasteiger partial charge in [0.05, 0.1) is 31.2 Å². The van der Waals surface area contributed by atoms with Crippen LogP contribution in [0.15, 0.2) is 49.1 Å². The Labute approximate surface area is 185 Å². The Bertz CT molecular complexity index is 1070. The third-order valence-corrected chi connectivity index (χ3v) is 5.29. The van der Waals surface area contributed by atoms with E-state index in [-0.39, 0.29) is 17.8 Å². The molecule has 0 radical (unpaired) electrons. The number of carbonyl (C=O) groups is 1. The molecule has 1 aliphatic rings. The third-order valence-electron chi connectivity index (χ3n) is 5.29. The van der Waals surface area contributed by atoms with Crippen molar-refractivity contribution in [3.05, 3.63) is 71.7 Å². The van der Waals surface area contributed by atoms with Crippen LogP contribution in [0.3, 0.4) is 0 Å². The van der Waals surface area contributed by atoms with Crippen LogP contribution in [0.2, 0.25) is 0 Å². The van der Waals surface area contributed by atoms with Crippen molar-refractivity contribution in [3.63, 3.8) is 0 Å². The van der Waals surface area contributed by atoms with Gasteiger partial charge in [-0.05, 0) is 43.0 Å². The number of benzene rings is 1. The summed E-state index contributed by atoms with van der Waals surface area (Å²) in [4.78, 5) is 31.6. The van der Waals surface area contributed by atoms with Crippen molar-refractivity contribution in [1.82, 2.24) is 24.8 Å². The summed E-state index contributed by atoms with van der Waals surface area (Å²) < 4.78 is 19.3. The minimum absolute atomic E-state index is 0.0806. The molecule has 3 heterocycles. The number of carbonyl (C=O) groups excluding carboxylic acids is 1. The van der Waals surface area contributed by atoms with Gasteiger partial charge in [0.2, 0.25) is 11.9 Å². The number of halogens is 1. The largest absolute Gasteiger partial charge is 0.368 e. The van der Waals surface area contributed by atoms with Gasteiger partial charge in [0.1, 0.15) is 11.9 Å². The number of hydrogen-bond acceptors (Lipinski definition) is 7. The van der Waals surface area contributed by atoms with Gasteiger partial charge < -0.3 is 15.0 Å². The summed E-state index contributed by atoms with van der Waals surface area (Å²) in [5, 5.41) is 3.01. The van der Waals surface area contributed by atoms with Crippen LogP contribution in [0, 0.1) is 12.7 Å². The number of hydrogen-bond donors (Lipinski definition) is 1. The molecule has 1 atom stereocenters. The molecule has 1 N–H and O–H groups in total. The first-order chi connectivity index (χ1) is 15.6. The zero-order valence-electron chi connectivity index (χ0n) is 17.9. The lowest BCUT2D eigenvalue weighted by Gasteiger charge is -2.32. The summed E-state index contributed by atoms with van der Waals surface area (Å²) in [6.45, 7) is 3.16. The molecule has 1 fully saturated rings. The lowest BCUT2D eigenvalue weighted by molar-refractivity contribution is -0.139. The van der Waals surface area contributed by atoms with Gasteiger partial charge in [-0.25, -0.2) is 19.3 Å². The summed E-state index contributed by atoms with van der Waals surface area (Å²) in [6.07, 6.45) is 8.04. The molecule has 0 spiro atoms. The molecule has 1 aliphatic heterocycles. The minimum atomic E-state index is -0.349. The van der Waals surface area contributed by atoms with E-state index in [1.807, 2.05) is 11.0 Å². The normalized spacial score (nSPS) is 16.1. The number of nitrogens with one attached hydrogen (secondary N) is 1. The average molecular weight is 436 g/mol. The Hall–Kier alpha value is -3.46. The van der Waals surface area contributed by atoms with Crippen LogP contribution >= 0.6 is 0 Å². The van der Waals surface area contributed by atoms with Crippen LogP contribution in [-0.2, 0) is 16.0 Å². The lowest BCUT2D eigenvalue weighted by Crippen LogP contribution is -2.42. The fourth-order valence-corrected chi connectivity index (χ4v) is 3.59. The Morgan fingerprint density at radius 3 is 2.94 bits per heavy atom. The molecule has 2 aromatic heterocycles. The zero-order valence-corrected chi connectivity index (χ0v) is 17.9. The molecule has 1 aromatic carbocycles. The van der Waals surface area contributed by atoms with Gasteiger partial charge in [0.15, 0.2) is 5.82 Å². The molecule has 8 nitrogen and oxygen atoms in total. The number of amides is 1. The van der Waals surface area contributed by atoms with E-state index in [0.29, 0.717) is 55.6 Å². The van der Waals surface area contributed by atoms with Gasteiger partial charge in [-0.2, -0.15) is 0 Å². The van der Waals surface area contributed by atoms with Gasteiger partial charge in [0, 0.05) is 25.4 Å². The molecule has 3 aromatic rings. The van der Waals surface area contributed by atoms with Gasteiger partial charge in [-0.15, -0.1) is 0 Å². The van der Waals surface area contributed by atoms with Crippen LogP contribution in [0.4, 0.5) is 16.2 Å². The van der Waals surface area contributed by atoms with Crippen molar-refractivity contribution < 1.29 is 13.9 Å². The highest BCUT2D eigenvalue weighted by molar-refractivity contribution is 5.76. The Kier molecular flexibility index (Phi) is 6.96. The summed E-state index contributed by atoms with van der Waals surface area (Å²) in [5.74, 6) is 0.812. The maximum atomic E-state index is 13.4. The molecule has 1 amide bonds. The van der Waals surface area contributed by atoms with Crippen LogP contribution in [-0.4, -0.2) is 50.4 Å². The molecule has 166 valence electrons. The third kappa shape index (κ3) is 5.61. The monoisotopic (exact) mass is 436 g/mol. The first kappa shape index (κ1) is 21.8. The molecule has 1 unspecified atom stereocenters. The van der Waals surface area contributed by atoms with E-state index in [0.717, 1.165) is 12.0 Å². The molecule has 32 heavy (non-hydrogen) atoms. The lowest BCUT2D eigenvalue weighted by atomic mass is 10.0. The maximum Gasteiger partial charge on any atom is 0.228 e. The van der Waals surface area contributed by atoms with Crippen LogP contribution < -0.4 is 5.32 Å². The number of ether oxygens (including phenoxy) is 1. The van der Waals surface area contributed by atoms with Crippen LogP contribution in [0.5, 0.6) is 0 Å². The van der Waals surface area contributed by atoms with E-state index in [2.05, 4.69) is 25.3 Å². The van der Waals surface area contributed by atoms with Crippen molar-refractivity contribution in [2.75, 3.05) is 25.0 Å². The highest BCUT2D eigenvalue weighted by Gasteiger charge is 2.26. The second-order valence-corrected chi connectivity index (χ2v) is 7.66. The smallest absolute Gasteiger partial charge is 0.228 e. The predicted octanol–water partition coefficient (Wildman–Crippen LogP) is 3.38. The predicted molar refractivity (Wildman–Crippen MR) is 117 cm³/mol. The van der Waals surface area contributed by atoms with Crippen molar-refractivity contribution in [2.24, 2.45) is 0 Å². The number of anilines is 2. The molecule has 4 rings (SSSR count). The van der Waals surface area contributed by atoms with E-state index in [1.54, 1.807) is 43.8 Å². The molecular formula is C23H25FN6O2. The first-order valence-corrected chi connectivity index (χ1v) is 10.6. The summed E-state index contributed by atoms with van der Waals surface area (Å²) in [5.41, 5.74) is 2.31. The molecule has 1 saturated heterocycles.